The van der Waals surface area contributed by atoms with E-state index in [9.17, 15) is 9.59 Å². The largest absolute Gasteiger partial charge is 0.481 e. The van der Waals surface area contributed by atoms with E-state index in [1.54, 1.807) is 0 Å². The minimum Gasteiger partial charge on any atom is -0.481 e. The van der Waals surface area contributed by atoms with Crippen LogP contribution in [0.25, 0.3) is 0 Å². The first-order valence-electron chi connectivity index (χ1n) is 7.15. The van der Waals surface area contributed by atoms with Crippen LogP contribution in [0.4, 0.5) is 0 Å². The maximum Gasteiger partial charge on any atom is 0.307 e. The van der Waals surface area contributed by atoms with Crippen molar-refractivity contribution in [3.63, 3.8) is 0 Å². The Morgan fingerprint density at radius 3 is 1.37 bits per heavy atom. The van der Waals surface area contributed by atoms with Crippen molar-refractivity contribution >= 4 is 11.9 Å². The molecule has 19 heavy (non-hydrogen) atoms. The van der Waals surface area contributed by atoms with Crippen molar-refractivity contribution in [1.82, 2.24) is 4.90 Å². The normalized spacial score (nSPS) is 22.5. The van der Waals surface area contributed by atoms with Crippen molar-refractivity contribution in [3.05, 3.63) is 0 Å². The Kier molecular flexibility index (Phi) is 9.21. The highest BCUT2D eigenvalue weighted by molar-refractivity contribution is 5.80. The first-order chi connectivity index (χ1) is 8.97. The lowest BCUT2D eigenvalue weighted by molar-refractivity contribution is -0.155. The Bertz CT molecular complexity index is 249. The Balaban J connectivity index is 0.000000399. The van der Waals surface area contributed by atoms with Crippen LogP contribution < -0.4 is 0 Å². The number of rotatable bonds is 5. The molecule has 1 aliphatic carbocycles. The van der Waals surface area contributed by atoms with Crippen molar-refractivity contribution in [2.45, 2.75) is 46.5 Å². The molecule has 0 aromatic heterocycles. The van der Waals surface area contributed by atoms with Crippen LogP contribution in [-0.4, -0.2) is 46.7 Å². The fraction of sp³-hybridized carbons (Fsp3) is 0.857. The number of carboxylic acid groups (broad SMARTS) is 2. The van der Waals surface area contributed by atoms with Crippen LogP contribution in [0, 0.1) is 11.8 Å². The molecule has 1 saturated carbocycles. The van der Waals surface area contributed by atoms with Crippen molar-refractivity contribution in [2.24, 2.45) is 11.8 Å². The molecule has 112 valence electrons. The first-order valence-corrected chi connectivity index (χ1v) is 7.15. The van der Waals surface area contributed by atoms with Crippen LogP contribution in [-0.2, 0) is 9.59 Å². The van der Waals surface area contributed by atoms with Crippen molar-refractivity contribution in [3.8, 4) is 0 Å². The minimum atomic E-state index is -0.970. The van der Waals surface area contributed by atoms with Gasteiger partial charge in [-0.1, -0.05) is 33.6 Å². The number of hydrogen-bond acceptors (Lipinski definition) is 3. The fourth-order valence-corrected chi connectivity index (χ4v) is 2.39. The minimum absolute atomic E-state index is 0.506. The summed E-state index contributed by atoms with van der Waals surface area (Å²) in [6.45, 7) is 10.1. The SMILES string of the molecule is CCN(CC)CC.O=C(O)C1CCCCC1C(=O)O. The number of aliphatic carboxylic acids is 2. The van der Waals surface area contributed by atoms with E-state index < -0.39 is 23.8 Å². The maximum absolute atomic E-state index is 10.6. The van der Waals surface area contributed by atoms with E-state index in [1.165, 1.54) is 19.6 Å². The van der Waals surface area contributed by atoms with Gasteiger partial charge in [-0.05, 0) is 32.5 Å². The first kappa shape index (κ1) is 17.9. The third kappa shape index (κ3) is 6.57. The zero-order chi connectivity index (χ0) is 14.8. The van der Waals surface area contributed by atoms with E-state index in [2.05, 4.69) is 25.7 Å². The third-order valence-corrected chi connectivity index (χ3v) is 3.74. The quantitative estimate of drug-likeness (QED) is 0.803. The summed E-state index contributed by atoms with van der Waals surface area (Å²) in [4.78, 5) is 23.6. The summed E-state index contributed by atoms with van der Waals surface area (Å²) in [5.74, 6) is -3.28. The van der Waals surface area contributed by atoms with E-state index in [1.807, 2.05) is 0 Å². The molecule has 0 saturated heterocycles. The smallest absolute Gasteiger partial charge is 0.307 e. The molecule has 0 aliphatic heterocycles. The van der Waals surface area contributed by atoms with E-state index >= 15 is 0 Å². The molecule has 1 aliphatic rings. The highest BCUT2D eigenvalue weighted by atomic mass is 16.4. The van der Waals surface area contributed by atoms with Crippen LogP contribution in [0.15, 0.2) is 0 Å². The second-order valence-corrected chi connectivity index (χ2v) is 4.79. The van der Waals surface area contributed by atoms with E-state index in [4.69, 9.17) is 10.2 Å². The molecule has 0 amide bonds. The average Bonchev–Trinajstić information content (AvgIpc) is 2.41. The predicted molar refractivity (Wildman–Crippen MR) is 74.2 cm³/mol. The van der Waals surface area contributed by atoms with Gasteiger partial charge in [0.15, 0.2) is 0 Å². The van der Waals surface area contributed by atoms with Gasteiger partial charge in [0.05, 0.1) is 11.8 Å². The Morgan fingerprint density at radius 1 is 0.895 bits per heavy atom. The van der Waals surface area contributed by atoms with Crippen LogP contribution in [0.2, 0.25) is 0 Å². The average molecular weight is 273 g/mol. The second kappa shape index (κ2) is 9.78. The molecule has 0 radical (unpaired) electrons. The maximum atomic E-state index is 10.6. The summed E-state index contributed by atoms with van der Waals surface area (Å²) in [6.07, 6.45) is 2.68. The molecule has 0 aromatic carbocycles. The van der Waals surface area contributed by atoms with Crippen LogP contribution >= 0.6 is 0 Å². The molecule has 0 bridgehead atoms. The molecule has 2 atom stereocenters. The Morgan fingerprint density at radius 2 is 1.21 bits per heavy atom. The number of nitrogens with zero attached hydrogens (tertiary/aromatic N) is 1. The van der Waals surface area contributed by atoms with Gasteiger partial charge in [0.25, 0.3) is 0 Å². The van der Waals surface area contributed by atoms with Crippen LogP contribution in [0.5, 0.6) is 0 Å². The molecule has 2 N–H and O–H groups in total. The van der Waals surface area contributed by atoms with Gasteiger partial charge in [0.2, 0.25) is 0 Å². The summed E-state index contributed by atoms with van der Waals surface area (Å²) in [5, 5.41) is 17.4. The lowest BCUT2D eigenvalue weighted by atomic mass is 9.79. The highest BCUT2D eigenvalue weighted by Crippen LogP contribution is 2.30. The summed E-state index contributed by atoms with van der Waals surface area (Å²) in [5.41, 5.74) is 0. The van der Waals surface area contributed by atoms with Crippen LogP contribution in [0.1, 0.15) is 46.5 Å². The highest BCUT2D eigenvalue weighted by Gasteiger charge is 2.35. The van der Waals surface area contributed by atoms with E-state index in [0.29, 0.717) is 12.8 Å². The summed E-state index contributed by atoms with van der Waals surface area (Å²) < 4.78 is 0. The number of carboxylic acids is 2. The zero-order valence-corrected chi connectivity index (χ0v) is 12.3. The monoisotopic (exact) mass is 273 g/mol. The van der Waals surface area contributed by atoms with Crippen molar-refractivity contribution < 1.29 is 19.8 Å². The number of hydrogen-bond donors (Lipinski definition) is 2. The molecule has 2 unspecified atom stereocenters. The molecule has 1 rings (SSSR count). The standard InChI is InChI=1S/C8H12O4.C6H15N/c9-7(10)5-3-1-2-4-6(5)8(11)12;1-4-7(5-2)6-3/h5-6H,1-4H2,(H,9,10)(H,11,12);4-6H2,1-3H3. The zero-order valence-electron chi connectivity index (χ0n) is 12.3. The summed E-state index contributed by atoms with van der Waals surface area (Å²) in [7, 11) is 0. The van der Waals surface area contributed by atoms with Gasteiger partial charge in [-0.15, -0.1) is 0 Å². The van der Waals surface area contributed by atoms with E-state index in [0.717, 1.165) is 12.8 Å². The topological polar surface area (TPSA) is 77.8 Å². The predicted octanol–water partition coefficient (Wildman–Crippen LogP) is 2.31. The molecular weight excluding hydrogens is 246 g/mol. The van der Waals surface area contributed by atoms with Gasteiger partial charge in [0, 0.05) is 0 Å². The Labute approximate surface area is 115 Å². The number of carbonyl (C=O) groups is 2. The molecule has 0 aromatic rings. The van der Waals surface area contributed by atoms with Crippen LogP contribution in [0.3, 0.4) is 0 Å². The molecule has 5 nitrogen and oxygen atoms in total. The van der Waals surface area contributed by atoms with Gasteiger partial charge in [-0.2, -0.15) is 0 Å². The molecule has 1 fully saturated rings. The third-order valence-electron chi connectivity index (χ3n) is 3.74. The lowest BCUT2D eigenvalue weighted by Gasteiger charge is -2.24. The van der Waals surface area contributed by atoms with E-state index in [-0.39, 0.29) is 0 Å². The van der Waals surface area contributed by atoms with Gasteiger partial charge >= 0.3 is 11.9 Å². The fourth-order valence-electron chi connectivity index (χ4n) is 2.39. The van der Waals surface area contributed by atoms with Gasteiger partial charge < -0.3 is 15.1 Å². The molecular formula is C14H27NO4. The van der Waals surface area contributed by atoms with Crippen molar-refractivity contribution in [1.29, 1.82) is 0 Å². The molecule has 0 spiro atoms. The van der Waals surface area contributed by atoms with Gasteiger partial charge in [-0.3, -0.25) is 9.59 Å². The lowest BCUT2D eigenvalue weighted by Crippen LogP contribution is -2.32. The molecule has 0 heterocycles. The molecule has 5 heteroatoms. The van der Waals surface area contributed by atoms with Crippen molar-refractivity contribution in [2.75, 3.05) is 19.6 Å². The second-order valence-electron chi connectivity index (χ2n) is 4.79. The summed E-state index contributed by atoms with van der Waals surface area (Å²) >= 11 is 0. The summed E-state index contributed by atoms with van der Waals surface area (Å²) in [6, 6.07) is 0. The van der Waals surface area contributed by atoms with Gasteiger partial charge in [0.1, 0.15) is 0 Å². The van der Waals surface area contributed by atoms with Gasteiger partial charge in [-0.25, -0.2) is 0 Å². The Hall–Kier alpha value is -1.10.